The SMILES string of the molecule is [CH-]=C(Cl)c1cc2c(cc1[N]=[W])OCO2. The van der Waals surface area contributed by atoms with Crippen molar-refractivity contribution in [3.63, 3.8) is 0 Å². The first-order valence-corrected chi connectivity index (χ1v) is 5.46. The Morgan fingerprint density at radius 2 is 2.07 bits per heavy atom. The third-order valence-corrected chi connectivity index (χ3v) is 2.76. The predicted octanol–water partition coefficient (Wildman–Crippen LogP) is 2.79. The molecule has 0 saturated carbocycles. The van der Waals surface area contributed by atoms with Crippen LogP contribution >= 0.6 is 11.6 Å². The Bertz CT molecular complexity index is 420. The molecule has 0 atom stereocenters. The van der Waals surface area contributed by atoms with Gasteiger partial charge in [-0.3, -0.25) is 0 Å². The van der Waals surface area contributed by atoms with Crippen LogP contribution in [-0.4, -0.2) is 6.79 Å². The molecule has 0 aromatic heterocycles. The summed E-state index contributed by atoms with van der Waals surface area (Å²) in [5.74, 6) is 1.35. The summed E-state index contributed by atoms with van der Waals surface area (Å²) in [6.07, 6.45) is 0. The molecule has 2 rings (SSSR count). The van der Waals surface area contributed by atoms with Crippen LogP contribution in [-0.2, 0) is 19.6 Å². The molecule has 0 aliphatic carbocycles. The standard InChI is InChI=1S/C9H5ClNO2.W/c1-5(10)6-2-8-9(3-7(6)11)13-4-12-8;/h1-3H,4H2;/q-1;. The average Bonchev–Trinajstić information content (AvgIpc) is 2.62. The molecule has 1 aromatic rings. The topological polar surface area (TPSA) is 30.8 Å². The summed E-state index contributed by atoms with van der Waals surface area (Å²) in [6, 6.07) is 3.52. The minimum atomic E-state index is 0.211. The van der Waals surface area contributed by atoms with E-state index in [4.69, 9.17) is 27.7 Å². The fraction of sp³-hybridized carbons (Fsp3) is 0.111. The molecule has 72 valence electrons. The van der Waals surface area contributed by atoms with Gasteiger partial charge in [0.1, 0.15) is 0 Å². The molecule has 1 aliphatic rings. The second-order valence-electron chi connectivity index (χ2n) is 2.66. The Kier molecular flexibility index (Phi) is 2.71. The first-order valence-electron chi connectivity index (χ1n) is 3.77. The fourth-order valence-electron chi connectivity index (χ4n) is 1.20. The van der Waals surface area contributed by atoms with E-state index in [1.54, 1.807) is 12.1 Å². The normalized spacial score (nSPS) is 12.6. The molecule has 5 heteroatoms. The molecule has 1 aliphatic heterocycles. The number of rotatable bonds is 2. The van der Waals surface area contributed by atoms with Crippen LogP contribution in [0.4, 0.5) is 5.69 Å². The Balaban J connectivity index is 2.59. The van der Waals surface area contributed by atoms with Crippen molar-refractivity contribution < 1.29 is 29.1 Å². The first kappa shape index (κ1) is 9.88. The second-order valence-corrected chi connectivity index (χ2v) is 3.72. The molecule has 0 radical (unpaired) electrons. The molecular formula is C9H5ClNO2W-. The van der Waals surface area contributed by atoms with Crippen LogP contribution in [0.2, 0.25) is 0 Å². The van der Waals surface area contributed by atoms with Gasteiger partial charge in [0, 0.05) is 0 Å². The van der Waals surface area contributed by atoms with Gasteiger partial charge in [0.15, 0.2) is 0 Å². The van der Waals surface area contributed by atoms with E-state index in [1.165, 1.54) is 0 Å². The van der Waals surface area contributed by atoms with Crippen molar-refractivity contribution in [1.29, 1.82) is 0 Å². The van der Waals surface area contributed by atoms with Gasteiger partial charge < -0.3 is 0 Å². The van der Waals surface area contributed by atoms with Crippen LogP contribution in [0.15, 0.2) is 15.6 Å². The number of hydrogen-bond donors (Lipinski definition) is 0. The van der Waals surface area contributed by atoms with Gasteiger partial charge in [0.25, 0.3) is 0 Å². The molecule has 0 saturated heterocycles. The third kappa shape index (κ3) is 1.62. The molecule has 0 amide bonds. The number of ether oxygens (including phenoxy) is 2. The summed E-state index contributed by atoms with van der Waals surface area (Å²) in [5, 5.41) is 0.211. The van der Waals surface area contributed by atoms with E-state index in [0.29, 0.717) is 17.1 Å². The summed E-state index contributed by atoms with van der Waals surface area (Å²) in [6.45, 7) is 5.75. The fourth-order valence-corrected chi connectivity index (χ4v) is 1.89. The Morgan fingerprint density at radius 1 is 1.43 bits per heavy atom. The molecule has 0 spiro atoms. The summed E-state index contributed by atoms with van der Waals surface area (Å²) in [7, 11) is 0. The summed E-state index contributed by atoms with van der Waals surface area (Å²) in [4.78, 5) is 0. The molecule has 3 nitrogen and oxygen atoms in total. The molecule has 0 unspecified atom stereocenters. The Morgan fingerprint density at radius 3 is 2.64 bits per heavy atom. The van der Waals surface area contributed by atoms with Crippen molar-refractivity contribution >= 4 is 22.3 Å². The van der Waals surface area contributed by atoms with Crippen LogP contribution in [0.25, 0.3) is 5.03 Å². The number of nitrogens with zero attached hydrogens (tertiary/aromatic N) is 1. The van der Waals surface area contributed by atoms with E-state index < -0.39 is 0 Å². The molecule has 0 fully saturated rings. The van der Waals surface area contributed by atoms with Crippen molar-refractivity contribution in [2.45, 2.75) is 0 Å². The first-order chi connectivity index (χ1) is 6.72. The minimum absolute atomic E-state index is 0.211. The van der Waals surface area contributed by atoms with E-state index in [1.807, 2.05) is 0 Å². The zero-order chi connectivity index (χ0) is 10.1. The van der Waals surface area contributed by atoms with Gasteiger partial charge in [-0.15, -0.1) is 0 Å². The second kappa shape index (κ2) is 3.83. The van der Waals surface area contributed by atoms with E-state index in [9.17, 15) is 0 Å². The zero-order valence-electron chi connectivity index (χ0n) is 6.99. The van der Waals surface area contributed by atoms with Gasteiger partial charge in [-0.05, 0) is 0 Å². The van der Waals surface area contributed by atoms with Crippen LogP contribution in [0.5, 0.6) is 11.5 Å². The van der Waals surface area contributed by atoms with Crippen LogP contribution in [0.3, 0.4) is 0 Å². The number of fused-ring (bicyclic) bond motifs is 1. The number of halogens is 1. The number of hydrogen-bond acceptors (Lipinski definition) is 3. The van der Waals surface area contributed by atoms with Crippen LogP contribution in [0.1, 0.15) is 5.56 Å². The van der Waals surface area contributed by atoms with Gasteiger partial charge >= 0.3 is 97.5 Å². The van der Waals surface area contributed by atoms with Gasteiger partial charge in [-0.25, -0.2) is 0 Å². The molecule has 1 heterocycles. The molecular weight excluding hydrogens is 373 g/mol. The maximum absolute atomic E-state index is 5.74. The van der Waals surface area contributed by atoms with Gasteiger partial charge in [-0.2, -0.15) is 0 Å². The molecule has 0 bridgehead atoms. The van der Waals surface area contributed by atoms with Gasteiger partial charge in [-0.1, -0.05) is 0 Å². The van der Waals surface area contributed by atoms with Gasteiger partial charge in [0.2, 0.25) is 0 Å². The van der Waals surface area contributed by atoms with E-state index in [0.717, 1.165) is 25.3 Å². The van der Waals surface area contributed by atoms with Crippen molar-refractivity contribution in [2.24, 2.45) is 3.50 Å². The molecule has 1 aromatic carbocycles. The van der Waals surface area contributed by atoms with Crippen molar-refractivity contribution in [1.82, 2.24) is 0 Å². The summed E-state index contributed by atoms with van der Waals surface area (Å²) >= 11 is 6.82. The molecule has 0 N–H and O–H groups in total. The van der Waals surface area contributed by atoms with E-state index in [2.05, 4.69) is 3.50 Å². The van der Waals surface area contributed by atoms with Crippen LogP contribution in [0, 0.1) is 6.58 Å². The van der Waals surface area contributed by atoms with Crippen molar-refractivity contribution in [3.05, 3.63) is 24.3 Å². The number of benzene rings is 1. The van der Waals surface area contributed by atoms with Crippen LogP contribution < -0.4 is 9.47 Å². The van der Waals surface area contributed by atoms with Crippen molar-refractivity contribution in [3.8, 4) is 11.5 Å². The van der Waals surface area contributed by atoms with Gasteiger partial charge in [0.05, 0.1) is 0 Å². The Labute approximate surface area is 97.4 Å². The monoisotopic (exact) mass is 378 g/mol. The Hall–Kier alpha value is -0.662. The maximum atomic E-state index is 5.74. The summed E-state index contributed by atoms with van der Waals surface area (Å²) < 4.78 is 14.5. The molecule has 14 heavy (non-hydrogen) atoms. The van der Waals surface area contributed by atoms with E-state index >= 15 is 0 Å². The van der Waals surface area contributed by atoms with E-state index in [-0.39, 0.29) is 11.8 Å². The zero-order valence-corrected chi connectivity index (χ0v) is 10.7. The van der Waals surface area contributed by atoms with Crippen molar-refractivity contribution in [2.75, 3.05) is 6.79 Å². The predicted molar refractivity (Wildman–Crippen MR) is 48.2 cm³/mol. The third-order valence-electron chi connectivity index (χ3n) is 1.85. The summed E-state index contributed by atoms with van der Waals surface area (Å²) in [5.41, 5.74) is 1.42. The average molecular weight is 378 g/mol. The quantitative estimate of drug-likeness (QED) is 0.741.